The lowest BCUT2D eigenvalue weighted by Crippen LogP contribution is -2.06. The number of methoxy groups -OCH3 is 1. The Morgan fingerprint density at radius 3 is 2.12 bits per heavy atom. The first-order valence-electron chi connectivity index (χ1n) is 7.78. The fourth-order valence-corrected chi connectivity index (χ4v) is 2.88. The van der Waals surface area contributed by atoms with Gasteiger partial charge in [0, 0.05) is 22.9 Å². The van der Waals surface area contributed by atoms with Gasteiger partial charge in [0.15, 0.2) is 11.6 Å². The summed E-state index contributed by atoms with van der Waals surface area (Å²) in [6, 6.07) is 11.7. The molecule has 2 heterocycles. The second kappa shape index (κ2) is 6.36. The third-order valence-electron chi connectivity index (χ3n) is 4.13. The normalized spacial score (nSPS) is 10.7. The number of hydrogen-bond acceptors (Lipinski definition) is 4. The van der Waals surface area contributed by atoms with E-state index >= 15 is 0 Å². The monoisotopic (exact) mass is 335 g/mol. The van der Waals surface area contributed by atoms with Gasteiger partial charge in [-0.3, -0.25) is 14.4 Å². The fraction of sp³-hybridized carbons (Fsp3) is 0.150. The van der Waals surface area contributed by atoms with Gasteiger partial charge in [0.2, 0.25) is 5.78 Å². The van der Waals surface area contributed by atoms with Crippen molar-refractivity contribution in [2.75, 3.05) is 7.11 Å². The van der Waals surface area contributed by atoms with E-state index in [0.717, 1.165) is 0 Å². The molecular weight excluding hydrogens is 318 g/mol. The molecular formula is C20H17NO4. The Labute approximate surface area is 144 Å². The summed E-state index contributed by atoms with van der Waals surface area (Å²) in [7, 11) is 1.56. The number of Topliss-reactive ketones (excluding diaryl/α,β-unsaturated/α-hetero) is 2. The lowest BCUT2D eigenvalue weighted by Gasteiger charge is -2.06. The van der Waals surface area contributed by atoms with Crippen molar-refractivity contribution < 1.29 is 19.1 Å². The van der Waals surface area contributed by atoms with Gasteiger partial charge in [0.25, 0.3) is 0 Å². The van der Waals surface area contributed by atoms with Crippen LogP contribution in [-0.4, -0.2) is 28.9 Å². The summed E-state index contributed by atoms with van der Waals surface area (Å²) in [5, 5.41) is 0. The van der Waals surface area contributed by atoms with Crippen LogP contribution in [0.3, 0.4) is 0 Å². The van der Waals surface area contributed by atoms with E-state index in [2.05, 4.69) is 0 Å². The van der Waals surface area contributed by atoms with E-state index in [-0.39, 0.29) is 17.3 Å². The van der Waals surface area contributed by atoms with Gasteiger partial charge in [-0.1, -0.05) is 0 Å². The Hall–Kier alpha value is -3.21. The largest absolute Gasteiger partial charge is 0.497 e. The molecule has 25 heavy (non-hydrogen) atoms. The summed E-state index contributed by atoms with van der Waals surface area (Å²) in [4.78, 5) is 36.9. The lowest BCUT2D eigenvalue weighted by atomic mass is 10.1. The molecule has 1 aromatic carbocycles. The van der Waals surface area contributed by atoms with Crippen molar-refractivity contribution in [3.05, 3.63) is 71.0 Å². The molecule has 0 unspecified atom stereocenters. The van der Waals surface area contributed by atoms with Gasteiger partial charge >= 0.3 is 0 Å². The number of hydrogen-bond donors (Lipinski definition) is 0. The molecule has 126 valence electrons. The molecule has 0 saturated heterocycles. The molecule has 5 nitrogen and oxygen atoms in total. The number of benzene rings is 1. The van der Waals surface area contributed by atoms with Crippen molar-refractivity contribution in [1.29, 1.82) is 0 Å². The molecule has 0 bridgehead atoms. The number of pyridine rings is 1. The van der Waals surface area contributed by atoms with Gasteiger partial charge in [-0.05, 0) is 56.3 Å². The molecule has 2 aromatic heterocycles. The molecule has 0 N–H and O–H groups in total. The zero-order valence-corrected chi connectivity index (χ0v) is 14.2. The highest BCUT2D eigenvalue weighted by Gasteiger charge is 2.21. The molecule has 0 atom stereocenters. The van der Waals surface area contributed by atoms with Crippen molar-refractivity contribution in [3.63, 3.8) is 0 Å². The SMILES string of the molecule is COc1ccc(C(=O)c2cc(C(C)=O)c3c(C(C)=O)cccn23)cc1. The molecule has 0 amide bonds. The van der Waals surface area contributed by atoms with Gasteiger partial charge in [-0.25, -0.2) is 0 Å². The van der Waals surface area contributed by atoms with Crippen LogP contribution in [0.5, 0.6) is 5.75 Å². The highest BCUT2D eigenvalue weighted by Crippen LogP contribution is 2.24. The van der Waals surface area contributed by atoms with Crippen LogP contribution in [-0.2, 0) is 0 Å². The predicted molar refractivity (Wildman–Crippen MR) is 93.8 cm³/mol. The maximum atomic E-state index is 12.9. The van der Waals surface area contributed by atoms with Crippen molar-refractivity contribution in [1.82, 2.24) is 4.40 Å². The van der Waals surface area contributed by atoms with E-state index in [4.69, 9.17) is 4.74 Å². The number of rotatable bonds is 5. The van der Waals surface area contributed by atoms with Crippen LogP contribution in [0.2, 0.25) is 0 Å². The first-order chi connectivity index (χ1) is 11.9. The van der Waals surface area contributed by atoms with E-state index in [1.165, 1.54) is 13.8 Å². The molecule has 0 saturated carbocycles. The Balaban J connectivity index is 2.22. The van der Waals surface area contributed by atoms with Crippen molar-refractivity contribution in [2.24, 2.45) is 0 Å². The van der Waals surface area contributed by atoms with Gasteiger partial charge in [-0.2, -0.15) is 0 Å². The minimum atomic E-state index is -0.231. The topological polar surface area (TPSA) is 64.9 Å². The fourth-order valence-electron chi connectivity index (χ4n) is 2.88. The van der Waals surface area contributed by atoms with Crippen molar-refractivity contribution in [2.45, 2.75) is 13.8 Å². The molecule has 0 aliphatic carbocycles. The van der Waals surface area contributed by atoms with Crippen molar-refractivity contribution >= 4 is 22.9 Å². The zero-order chi connectivity index (χ0) is 18.1. The van der Waals surface area contributed by atoms with E-state index in [1.807, 2.05) is 0 Å². The van der Waals surface area contributed by atoms with Gasteiger partial charge in [-0.15, -0.1) is 0 Å². The van der Waals surface area contributed by atoms with Crippen molar-refractivity contribution in [3.8, 4) is 5.75 Å². The van der Waals surface area contributed by atoms with Crippen LogP contribution in [0.25, 0.3) is 5.52 Å². The summed E-state index contributed by atoms with van der Waals surface area (Å²) in [6.45, 7) is 2.87. The Morgan fingerprint density at radius 2 is 1.56 bits per heavy atom. The second-order valence-corrected chi connectivity index (χ2v) is 5.75. The third kappa shape index (κ3) is 2.85. The van der Waals surface area contributed by atoms with Gasteiger partial charge < -0.3 is 9.14 Å². The van der Waals surface area contributed by atoms with Gasteiger partial charge in [0.05, 0.1) is 18.3 Å². The predicted octanol–water partition coefficient (Wildman–Crippen LogP) is 3.58. The number of nitrogens with zero attached hydrogens (tertiary/aromatic N) is 1. The number of carbonyl (C=O) groups excluding carboxylic acids is 3. The van der Waals surface area contributed by atoms with Gasteiger partial charge in [0.1, 0.15) is 5.75 Å². The Bertz CT molecular complexity index is 996. The summed E-state index contributed by atoms with van der Waals surface area (Å²) >= 11 is 0. The summed E-state index contributed by atoms with van der Waals surface area (Å²) in [5.41, 5.74) is 2.07. The van der Waals surface area contributed by atoms with Crippen LogP contribution in [0, 0.1) is 0 Å². The van der Waals surface area contributed by atoms with E-state index in [1.54, 1.807) is 60.2 Å². The molecule has 3 rings (SSSR count). The average molecular weight is 335 g/mol. The standard InChI is InChI=1S/C20H17NO4/c1-12(22)16-5-4-10-21-18(11-17(13(2)23)19(16)21)20(24)14-6-8-15(25-3)9-7-14/h4-11H,1-3H3. The number of aromatic nitrogens is 1. The molecule has 0 fully saturated rings. The molecule has 0 aliphatic rings. The first-order valence-corrected chi connectivity index (χ1v) is 7.78. The highest BCUT2D eigenvalue weighted by atomic mass is 16.5. The number of ketones is 3. The van der Waals surface area contributed by atoms with Crippen LogP contribution in [0.1, 0.15) is 50.6 Å². The maximum absolute atomic E-state index is 12.9. The quantitative estimate of drug-likeness (QED) is 0.669. The lowest BCUT2D eigenvalue weighted by molar-refractivity contribution is 0.101. The molecule has 0 radical (unpaired) electrons. The molecule has 5 heteroatoms. The minimum absolute atomic E-state index is 0.158. The van der Waals surface area contributed by atoms with E-state index < -0.39 is 0 Å². The number of ether oxygens (including phenoxy) is 1. The molecule has 0 aliphatic heterocycles. The molecule has 3 aromatic rings. The Kier molecular flexibility index (Phi) is 4.23. The Morgan fingerprint density at radius 1 is 0.920 bits per heavy atom. The van der Waals surface area contributed by atoms with Crippen LogP contribution in [0.15, 0.2) is 48.7 Å². The second-order valence-electron chi connectivity index (χ2n) is 5.75. The van der Waals surface area contributed by atoms with Crippen LogP contribution >= 0.6 is 0 Å². The van der Waals surface area contributed by atoms with E-state index in [9.17, 15) is 14.4 Å². The minimum Gasteiger partial charge on any atom is -0.497 e. The van der Waals surface area contributed by atoms with Crippen LogP contribution < -0.4 is 4.74 Å². The number of fused-ring (bicyclic) bond motifs is 1. The maximum Gasteiger partial charge on any atom is 0.209 e. The zero-order valence-electron chi connectivity index (χ0n) is 14.2. The van der Waals surface area contributed by atoms with E-state index in [0.29, 0.717) is 33.7 Å². The average Bonchev–Trinajstić information content (AvgIpc) is 3.01. The van der Waals surface area contributed by atoms with Crippen LogP contribution in [0.4, 0.5) is 0 Å². The summed E-state index contributed by atoms with van der Waals surface area (Å²) in [6.07, 6.45) is 1.69. The summed E-state index contributed by atoms with van der Waals surface area (Å²) < 4.78 is 6.72. The molecule has 0 spiro atoms. The first kappa shape index (κ1) is 16.6. The third-order valence-corrected chi connectivity index (χ3v) is 4.13. The summed E-state index contributed by atoms with van der Waals surface area (Å²) in [5.74, 6) is 0.0698. The smallest absolute Gasteiger partial charge is 0.209 e. The highest BCUT2D eigenvalue weighted by molar-refractivity contribution is 6.15. The number of carbonyl (C=O) groups is 3.